The number of hydrogen-bond donors (Lipinski definition) is 2. The number of hydrogen-bond acceptors (Lipinski definition) is 4. The molecule has 0 heterocycles. The van der Waals surface area contributed by atoms with E-state index in [0.29, 0.717) is 23.5 Å². The maximum atomic E-state index is 9.74. The monoisotopic (exact) mass is 251 g/mol. The molecule has 1 aromatic carbocycles. The summed E-state index contributed by atoms with van der Waals surface area (Å²) in [7, 11) is 1.61. The van der Waals surface area contributed by atoms with E-state index in [9.17, 15) is 5.11 Å². The second kappa shape index (κ2) is 5.16. The molecule has 4 heteroatoms. The summed E-state index contributed by atoms with van der Waals surface area (Å²) in [6.45, 7) is 3.09. The van der Waals surface area contributed by atoms with E-state index in [2.05, 4.69) is 6.92 Å². The second-order valence-electron chi connectivity index (χ2n) is 5.26. The normalized spacial score (nSPS) is 18.2. The van der Waals surface area contributed by atoms with E-state index >= 15 is 0 Å². The molecular formula is C14H21NO3. The van der Waals surface area contributed by atoms with Gasteiger partial charge in [0.05, 0.1) is 19.8 Å². The first-order valence-corrected chi connectivity index (χ1v) is 6.27. The van der Waals surface area contributed by atoms with Gasteiger partial charge in [0, 0.05) is 12.0 Å². The SMILES string of the molecule is COc1ccc(C(O)CN)cc1OCC1(C)CC1. The molecule has 100 valence electrons. The molecule has 4 nitrogen and oxygen atoms in total. The molecule has 1 atom stereocenters. The van der Waals surface area contributed by atoms with E-state index in [0.717, 1.165) is 5.56 Å². The van der Waals surface area contributed by atoms with Crippen LogP contribution < -0.4 is 15.2 Å². The Balaban J connectivity index is 2.13. The fourth-order valence-corrected chi connectivity index (χ4v) is 1.76. The summed E-state index contributed by atoms with van der Waals surface area (Å²) in [5, 5.41) is 9.74. The summed E-state index contributed by atoms with van der Waals surface area (Å²) in [6, 6.07) is 5.42. The first-order valence-electron chi connectivity index (χ1n) is 6.27. The molecule has 18 heavy (non-hydrogen) atoms. The van der Waals surface area contributed by atoms with Gasteiger partial charge in [0.15, 0.2) is 11.5 Å². The van der Waals surface area contributed by atoms with Crippen molar-refractivity contribution in [2.75, 3.05) is 20.3 Å². The molecular weight excluding hydrogens is 230 g/mol. The molecule has 3 N–H and O–H groups in total. The molecule has 1 aliphatic carbocycles. The van der Waals surface area contributed by atoms with Crippen molar-refractivity contribution >= 4 is 0 Å². The van der Waals surface area contributed by atoms with Crippen LogP contribution in [0.3, 0.4) is 0 Å². The number of benzene rings is 1. The lowest BCUT2D eigenvalue weighted by atomic mass is 10.1. The Bertz CT molecular complexity index is 416. The predicted molar refractivity (Wildman–Crippen MR) is 69.8 cm³/mol. The Labute approximate surface area is 108 Å². The minimum atomic E-state index is -0.658. The molecule has 0 amide bonds. The first-order chi connectivity index (χ1) is 8.58. The molecule has 1 saturated carbocycles. The lowest BCUT2D eigenvalue weighted by molar-refractivity contribution is 0.185. The van der Waals surface area contributed by atoms with Gasteiger partial charge >= 0.3 is 0 Å². The molecule has 0 aliphatic heterocycles. The van der Waals surface area contributed by atoms with Gasteiger partial charge in [0.2, 0.25) is 0 Å². The Morgan fingerprint density at radius 2 is 2.11 bits per heavy atom. The van der Waals surface area contributed by atoms with Gasteiger partial charge in [-0.2, -0.15) is 0 Å². The van der Waals surface area contributed by atoms with Crippen LogP contribution in [0, 0.1) is 5.41 Å². The summed E-state index contributed by atoms with van der Waals surface area (Å²) in [4.78, 5) is 0. The van der Waals surface area contributed by atoms with E-state index in [1.807, 2.05) is 12.1 Å². The highest BCUT2D eigenvalue weighted by molar-refractivity contribution is 5.43. The maximum Gasteiger partial charge on any atom is 0.161 e. The van der Waals surface area contributed by atoms with E-state index in [-0.39, 0.29) is 6.54 Å². The van der Waals surface area contributed by atoms with Crippen LogP contribution in [0.2, 0.25) is 0 Å². The number of ether oxygens (including phenoxy) is 2. The standard InChI is InChI=1S/C14H21NO3/c1-14(5-6-14)9-18-13-7-10(11(16)8-15)3-4-12(13)17-2/h3-4,7,11,16H,5-6,8-9,15H2,1-2H3. The molecule has 1 aliphatic rings. The molecule has 2 rings (SSSR count). The number of nitrogens with two attached hydrogens (primary N) is 1. The Morgan fingerprint density at radius 3 is 2.67 bits per heavy atom. The Morgan fingerprint density at radius 1 is 1.39 bits per heavy atom. The van der Waals surface area contributed by atoms with Crippen molar-refractivity contribution in [3.63, 3.8) is 0 Å². The van der Waals surface area contributed by atoms with E-state index < -0.39 is 6.10 Å². The third kappa shape index (κ3) is 2.94. The first kappa shape index (κ1) is 13.2. The van der Waals surface area contributed by atoms with E-state index in [1.54, 1.807) is 13.2 Å². The molecule has 0 spiro atoms. The van der Waals surface area contributed by atoms with Gasteiger partial charge in [-0.3, -0.25) is 0 Å². The molecule has 1 aromatic rings. The summed E-state index contributed by atoms with van der Waals surface area (Å²) in [6.07, 6.45) is 1.76. The van der Waals surface area contributed by atoms with Crippen LogP contribution in [0.15, 0.2) is 18.2 Å². The van der Waals surface area contributed by atoms with Crippen molar-refractivity contribution in [3.05, 3.63) is 23.8 Å². The average Bonchev–Trinajstić information content (AvgIpc) is 3.13. The fraction of sp³-hybridized carbons (Fsp3) is 0.571. The van der Waals surface area contributed by atoms with Crippen LogP contribution in [0.1, 0.15) is 31.4 Å². The highest BCUT2D eigenvalue weighted by atomic mass is 16.5. The zero-order valence-corrected chi connectivity index (χ0v) is 11.0. The number of methoxy groups -OCH3 is 1. The van der Waals surface area contributed by atoms with Gasteiger partial charge in [0.1, 0.15) is 0 Å². The third-order valence-electron chi connectivity index (χ3n) is 3.48. The summed E-state index contributed by atoms with van der Waals surface area (Å²) in [5.74, 6) is 1.36. The van der Waals surface area contributed by atoms with Gasteiger partial charge in [-0.05, 0) is 30.5 Å². The second-order valence-corrected chi connectivity index (χ2v) is 5.26. The third-order valence-corrected chi connectivity index (χ3v) is 3.48. The number of aliphatic hydroxyl groups is 1. The van der Waals surface area contributed by atoms with Gasteiger partial charge in [-0.1, -0.05) is 13.0 Å². The molecule has 0 bridgehead atoms. The molecule has 1 fully saturated rings. The van der Waals surface area contributed by atoms with Gasteiger partial charge < -0.3 is 20.3 Å². The molecule has 0 radical (unpaired) electrons. The highest BCUT2D eigenvalue weighted by Crippen LogP contribution is 2.45. The van der Waals surface area contributed by atoms with Crippen LogP contribution in [-0.4, -0.2) is 25.4 Å². The van der Waals surface area contributed by atoms with Crippen molar-refractivity contribution in [1.29, 1.82) is 0 Å². The van der Waals surface area contributed by atoms with Crippen LogP contribution in [-0.2, 0) is 0 Å². The number of aliphatic hydroxyl groups excluding tert-OH is 1. The largest absolute Gasteiger partial charge is 0.493 e. The summed E-state index contributed by atoms with van der Waals surface area (Å²) in [5.41, 5.74) is 6.53. The number of rotatable bonds is 6. The van der Waals surface area contributed by atoms with Crippen molar-refractivity contribution < 1.29 is 14.6 Å². The molecule has 0 aromatic heterocycles. The van der Waals surface area contributed by atoms with Crippen molar-refractivity contribution in [2.45, 2.75) is 25.9 Å². The van der Waals surface area contributed by atoms with Gasteiger partial charge in [0.25, 0.3) is 0 Å². The maximum absolute atomic E-state index is 9.74. The minimum Gasteiger partial charge on any atom is -0.493 e. The average molecular weight is 251 g/mol. The summed E-state index contributed by atoms with van der Waals surface area (Å²) < 4.78 is 11.1. The van der Waals surface area contributed by atoms with Crippen molar-refractivity contribution in [2.24, 2.45) is 11.1 Å². The van der Waals surface area contributed by atoms with Crippen molar-refractivity contribution in [1.82, 2.24) is 0 Å². The predicted octanol–water partition coefficient (Wildman–Crippen LogP) is 1.87. The lowest BCUT2D eigenvalue weighted by Gasteiger charge is -2.16. The Hall–Kier alpha value is -1.26. The smallest absolute Gasteiger partial charge is 0.161 e. The zero-order chi connectivity index (χ0) is 13.2. The van der Waals surface area contributed by atoms with Crippen LogP contribution >= 0.6 is 0 Å². The fourth-order valence-electron chi connectivity index (χ4n) is 1.76. The van der Waals surface area contributed by atoms with E-state index in [4.69, 9.17) is 15.2 Å². The van der Waals surface area contributed by atoms with Crippen LogP contribution in [0.25, 0.3) is 0 Å². The van der Waals surface area contributed by atoms with Crippen molar-refractivity contribution in [3.8, 4) is 11.5 Å². The van der Waals surface area contributed by atoms with Gasteiger partial charge in [-0.15, -0.1) is 0 Å². The van der Waals surface area contributed by atoms with Gasteiger partial charge in [-0.25, -0.2) is 0 Å². The quantitative estimate of drug-likeness (QED) is 0.810. The van der Waals surface area contributed by atoms with Crippen LogP contribution in [0.4, 0.5) is 0 Å². The Kier molecular flexibility index (Phi) is 3.78. The topological polar surface area (TPSA) is 64.7 Å². The summed E-state index contributed by atoms with van der Waals surface area (Å²) >= 11 is 0. The lowest BCUT2D eigenvalue weighted by Crippen LogP contribution is -2.13. The molecule has 1 unspecified atom stereocenters. The van der Waals surface area contributed by atoms with E-state index in [1.165, 1.54) is 12.8 Å². The zero-order valence-electron chi connectivity index (χ0n) is 11.0. The minimum absolute atomic E-state index is 0.198. The van der Waals surface area contributed by atoms with Crippen LogP contribution in [0.5, 0.6) is 11.5 Å². The highest BCUT2D eigenvalue weighted by Gasteiger charge is 2.38. The molecule has 0 saturated heterocycles.